The molecule has 3 rings (SSSR count). The number of nitrogens with one attached hydrogen (secondary N) is 1. The van der Waals surface area contributed by atoms with Crippen molar-refractivity contribution in [3.05, 3.63) is 35.8 Å². The van der Waals surface area contributed by atoms with Crippen LogP contribution in [0.15, 0.2) is 18.6 Å². The smallest absolute Gasteiger partial charge is 0.258 e. The number of fused-ring (bicyclic) bond motifs is 1. The fraction of sp³-hybridized carbons (Fsp3) is 0.333. The summed E-state index contributed by atoms with van der Waals surface area (Å²) in [6, 6.07) is 1.19. The van der Waals surface area contributed by atoms with E-state index in [2.05, 4.69) is 20.5 Å². The summed E-state index contributed by atoms with van der Waals surface area (Å²) in [6.45, 7) is 1.52. The average molecular weight is 276 g/mol. The molecule has 0 aliphatic carbocycles. The number of amides is 1. The van der Waals surface area contributed by atoms with Crippen LogP contribution in [0.2, 0.25) is 0 Å². The second-order valence-corrected chi connectivity index (χ2v) is 4.47. The number of carbonyl (C=O) groups is 1. The number of pyridine rings is 1. The lowest BCUT2D eigenvalue weighted by atomic mass is 10.2. The maximum atomic E-state index is 13.3. The summed E-state index contributed by atoms with van der Waals surface area (Å²) in [4.78, 5) is 18.0. The highest BCUT2D eigenvalue weighted by Crippen LogP contribution is 2.18. The van der Waals surface area contributed by atoms with E-state index in [4.69, 9.17) is 0 Å². The zero-order valence-corrected chi connectivity index (χ0v) is 10.9. The van der Waals surface area contributed by atoms with E-state index in [0.29, 0.717) is 25.5 Å². The van der Waals surface area contributed by atoms with E-state index < -0.39 is 5.82 Å². The number of anilines is 1. The summed E-state index contributed by atoms with van der Waals surface area (Å²) in [6.07, 6.45) is 2.72. The number of rotatable bonds is 2. The average Bonchev–Trinajstić information content (AvgIpc) is 2.93. The highest BCUT2D eigenvalue weighted by Gasteiger charge is 2.25. The molecule has 0 saturated heterocycles. The van der Waals surface area contributed by atoms with Crippen molar-refractivity contribution in [2.24, 2.45) is 0 Å². The first-order valence-electron chi connectivity index (χ1n) is 6.18. The number of aromatic nitrogens is 4. The second-order valence-electron chi connectivity index (χ2n) is 4.47. The van der Waals surface area contributed by atoms with E-state index in [1.165, 1.54) is 6.07 Å². The van der Waals surface area contributed by atoms with Crippen molar-refractivity contribution in [3.8, 4) is 0 Å². The Morgan fingerprint density at radius 2 is 2.30 bits per heavy atom. The molecule has 8 heteroatoms. The van der Waals surface area contributed by atoms with Crippen LogP contribution in [-0.2, 0) is 13.1 Å². The van der Waals surface area contributed by atoms with Crippen molar-refractivity contribution in [1.82, 2.24) is 24.6 Å². The lowest BCUT2D eigenvalue weighted by Crippen LogP contribution is -2.38. The van der Waals surface area contributed by atoms with Crippen molar-refractivity contribution in [3.63, 3.8) is 0 Å². The van der Waals surface area contributed by atoms with Crippen LogP contribution < -0.4 is 5.32 Å². The van der Waals surface area contributed by atoms with Gasteiger partial charge in [-0.3, -0.25) is 4.79 Å². The normalized spacial score (nSPS) is 14.0. The van der Waals surface area contributed by atoms with E-state index in [1.54, 1.807) is 18.3 Å². The first kappa shape index (κ1) is 12.5. The maximum absolute atomic E-state index is 13.3. The molecule has 0 saturated carbocycles. The van der Waals surface area contributed by atoms with Crippen LogP contribution in [0, 0.1) is 5.82 Å². The molecule has 0 aromatic carbocycles. The summed E-state index contributed by atoms with van der Waals surface area (Å²) < 4.78 is 15.2. The highest BCUT2D eigenvalue weighted by molar-refractivity contribution is 5.98. The van der Waals surface area contributed by atoms with Crippen LogP contribution in [0.5, 0.6) is 0 Å². The Balaban J connectivity index is 1.88. The Morgan fingerprint density at radius 1 is 1.45 bits per heavy atom. The van der Waals surface area contributed by atoms with Crippen molar-refractivity contribution in [1.29, 1.82) is 0 Å². The summed E-state index contributed by atoms with van der Waals surface area (Å²) in [5.74, 6) is 0.284. The van der Waals surface area contributed by atoms with Crippen LogP contribution in [0.1, 0.15) is 16.2 Å². The van der Waals surface area contributed by atoms with Gasteiger partial charge in [0.25, 0.3) is 5.91 Å². The fourth-order valence-electron chi connectivity index (χ4n) is 2.21. The third-order valence-corrected chi connectivity index (χ3v) is 3.25. The molecule has 0 bridgehead atoms. The van der Waals surface area contributed by atoms with Crippen LogP contribution in [0.25, 0.3) is 0 Å². The molecule has 1 N–H and O–H groups in total. The molecule has 1 aliphatic rings. The molecule has 3 heterocycles. The van der Waals surface area contributed by atoms with E-state index in [9.17, 15) is 9.18 Å². The van der Waals surface area contributed by atoms with Gasteiger partial charge in [-0.15, -0.1) is 10.2 Å². The Hall–Kier alpha value is -2.51. The minimum Gasteiger partial charge on any atom is -0.372 e. The predicted molar refractivity (Wildman–Crippen MR) is 68.5 cm³/mol. The van der Waals surface area contributed by atoms with Gasteiger partial charge in [-0.05, 0) is 6.07 Å². The van der Waals surface area contributed by atoms with Gasteiger partial charge in [-0.2, -0.15) is 0 Å². The van der Waals surface area contributed by atoms with Crippen LogP contribution in [0.4, 0.5) is 10.2 Å². The van der Waals surface area contributed by atoms with Crippen molar-refractivity contribution in [2.75, 3.05) is 18.9 Å². The lowest BCUT2D eigenvalue weighted by Gasteiger charge is -2.27. The third-order valence-electron chi connectivity index (χ3n) is 3.25. The van der Waals surface area contributed by atoms with Gasteiger partial charge in [0.1, 0.15) is 18.0 Å². The molecule has 2 aromatic heterocycles. The minimum atomic E-state index is -0.535. The van der Waals surface area contributed by atoms with Gasteiger partial charge >= 0.3 is 0 Å². The number of hydrogen-bond acceptors (Lipinski definition) is 5. The molecule has 104 valence electrons. The Kier molecular flexibility index (Phi) is 3.05. The Bertz CT molecular complexity index is 655. The number of carbonyl (C=O) groups excluding carboxylic acids is 1. The minimum absolute atomic E-state index is 0.223. The van der Waals surface area contributed by atoms with Crippen molar-refractivity contribution in [2.45, 2.75) is 13.1 Å². The summed E-state index contributed by atoms with van der Waals surface area (Å²) in [5.41, 5.74) is 0.223. The molecule has 1 aliphatic heterocycles. The van der Waals surface area contributed by atoms with Crippen LogP contribution in [-0.4, -0.2) is 44.1 Å². The van der Waals surface area contributed by atoms with Crippen LogP contribution in [0.3, 0.4) is 0 Å². The highest BCUT2D eigenvalue weighted by atomic mass is 19.1. The van der Waals surface area contributed by atoms with Crippen molar-refractivity contribution < 1.29 is 9.18 Å². The van der Waals surface area contributed by atoms with Gasteiger partial charge in [0, 0.05) is 20.1 Å². The zero-order valence-electron chi connectivity index (χ0n) is 10.9. The molecule has 0 unspecified atom stereocenters. The van der Waals surface area contributed by atoms with Gasteiger partial charge in [0.05, 0.1) is 18.3 Å². The summed E-state index contributed by atoms with van der Waals surface area (Å²) in [7, 11) is 1.64. The Labute approximate surface area is 114 Å². The standard InChI is InChI=1S/C12H13FN6O/c1-14-11-9(4-8(13)5-15-11)12(20)18-2-3-19-7-16-17-10(19)6-18/h4-5,7H,2-3,6H2,1H3,(H,14,15). The zero-order chi connectivity index (χ0) is 14.1. The monoisotopic (exact) mass is 276 g/mol. The van der Waals surface area contributed by atoms with E-state index in [0.717, 1.165) is 12.0 Å². The first-order valence-corrected chi connectivity index (χ1v) is 6.18. The number of hydrogen-bond donors (Lipinski definition) is 1. The van der Waals surface area contributed by atoms with Gasteiger partial charge in [-0.1, -0.05) is 0 Å². The molecule has 0 fully saturated rings. The molecule has 0 spiro atoms. The Morgan fingerprint density at radius 3 is 3.10 bits per heavy atom. The van der Waals surface area contributed by atoms with E-state index >= 15 is 0 Å². The molecule has 7 nitrogen and oxygen atoms in total. The fourth-order valence-corrected chi connectivity index (χ4v) is 2.21. The molecule has 20 heavy (non-hydrogen) atoms. The molecular formula is C12H13FN6O. The molecule has 0 radical (unpaired) electrons. The summed E-state index contributed by atoms with van der Waals surface area (Å²) in [5, 5.41) is 10.6. The van der Waals surface area contributed by atoms with Crippen molar-refractivity contribution >= 4 is 11.7 Å². The quantitative estimate of drug-likeness (QED) is 0.865. The number of nitrogens with zero attached hydrogens (tertiary/aromatic N) is 5. The van der Waals surface area contributed by atoms with Gasteiger partial charge in [0.15, 0.2) is 5.82 Å². The molecule has 2 aromatic rings. The van der Waals surface area contributed by atoms with Gasteiger partial charge in [-0.25, -0.2) is 9.37 Å². The van der Waals surface area contributed by atoms with Gasteiger partial charge in [0.2, 0.25) is 0 Å². The molecule has 0 atom stereocenters. The third kappa shape index (κ3) is 2.09. The second kappa shape index (κ2) is 4.87. The molecular weight excluding hydrogens is 263 g/mol. The van der Waals surface area contributed by atoms with E-state index in [1.807, 2.05) is 4.57 Å². The topological polar surface area (TPSA) is 75.9 Å². The first-order chi connectivity index (χ1) is 9.69. The lowest BCUT2D eigenvalue weighted by molar-refractivity contribution is 0.0707. The SMILES string of the molecule is CNc1ncc(F)cc1C(=O)N1CCn2cnnc2C1. The summed E-state index contributed by atoms with van der Waals surface area (Å²) >= 11 is 0. The van der Waals surface area contributed by atoms with Gasteiger partial charge < -0.3 is 14.8 Å². The maximum Gasteiger partial charge on any atom is 0.258 e. The molecule has 1 amide bonds. The number of halogens is 1. The van der Waals surface area contributed by atoms with Crippen LogP contribution >= 0.6 is 0 Å². The largest absolute Gasteiger partial charge is 0.372 e. The van der Waals surface area contributed by atoms with E-state index in [-0.39, 0.29) is 11.5 Å². The predicted octanol–water partition coefficient (Wildman–Crippen LogP) is 0.510.